The predicted octanol–water partition coefficient (Wildman–Crippen LogP) is -3.50. The van der Waals surface area contributed by atoms with Crippen LogP contribution in [0.5, 0.6) is 0 Å². The van der Waals surface area contributed by atoms with Crippen molar-refractivity contribution in [1.82, 2.24) is 0 Å². The van der Waals surface area contributed by atoms with Gasteiger partial charge in [0.2, 0.25) is 0 Å². The SMILES string of the molecule is NCCO[C@@H]1[C@H](O)[C@@H](OP(=O)(O)O)[C@H](OP(=O)(O)O)[C@@H](O)[C@@H]1OP(=O)(O)O. The Labute approximate surface area is 151 Å². The second-order valence-electron chi connectivity index (χ2n) is 5.29. The molecule has 0 saturated heterocycles. The summed E-state index contributed by atoms with van der Waals surface area (Å²) in [4.78, 5) is 53.6. The van der Waals surface area contributed by atoms with Gasteiger partial charge >= 0.3 is 23.5 Å². The third-order valence-corrected chi connectivity index (χ3v) is 4.75. The maximum absolute atomic E-state index is 11.1. The minimum absolute atomic E-state index is 0.172. The van der Waals surface area contributed by atoms with Gasteiger partial charge in [0.05, 0.1) is 6.61 Å². The predicted molar refractivity (Wildman–Crippen MR) is 81.6 cm³/mol. The van der Waals surface area contributed by atoms with Crippen molar-refractivity contribution in [2.75, 3.05) is 13.2 Å². The standard InChI is InChI=1S/C8H20NO15P3/c9-1-2-21-5-3(10)7(23-26(15,16)17)8(24-27(18,19)20)4(11)6(5)22-25(12,13)14/h3-8,10-11H,1-2,9H2,(H2,12,13,14)(H2,15,16,17)(H2,18,19,20)/t3-,4-,5+,6-,7+,8+/m0/s1. The number of aliphatic hydroxyl groups excluding tert-OH is 2. The van der Waals surface area contributed by atoms with E-state index >= 15 is 0 Å². The quantitative estimate of drug-likeness (QED) is 0.150. The highest BCUT2D eigenvalue weighted by molar-refractivity contribution is 7.46. The topological polar surface area (TPSA) is 276 Å². The van der Waals surface area contributed by atoms with E-state index in [9.17, 15) is 23.9 Å². The van der Waals surface area contributed by atoms with Crippen LogP contribution in [0.3, 0.4) is 0 Å². The van der Waals surface area contributed by atoms with E-state index in [0.29, 0.717) is 0 Å². The lowest BCUT2D eigenvalue weighted by Gasteiger charge is -2.46. The largest absolute Gasteiger partial charge is 0.470 e. The van der Waals surface area contributed by atoms with Gasteiger partial charge in [0.25, 0.3) is 0 Å². The number of aliphatic hydroxyl groups is 2. The molecule has 0 bridgehead atoms. The summed E-state index contributed by atoms with van der Waals surface area (Å²) in [5, 5.41) is 20.5. The number of ether oxygens (including phenoxy) is 1. The minimum Gasteiger partial charge on any atom is -0.387 e. The van der Waals surface area contributed by atoms with Gasteiger partial charge in [-0.05, 0) is 0 Å². The summed E-state index contributed by atoms with van der Waals surface area (Å²) in [6.07, 6.45) is -13.3. The minimum atomic E-state index is -5.43. The van der Waals surface area contributed by atoms with Crippen molar-refractivity contribution in [3.63, 3.8) is 0 Å². The van der Waals surface area contributed by atoms with Gasteiger partial charge in [-0.3, -0.25) is 13.6 Å². The highest BCUT2D eigenvalue weighted by atomic mass is 31.2. The van der Waals surface area contributed by atoms with Crippen molar-refractivity contribution in [1.29, 1.82) is 0 Å². The van der Waals surface area contributed by atoms with Gasteiger partial charge in [-0.2, -0.15) is 0 Å². The van der Waals surface area contributed by atoms with Crippen LogP contribution in [0.25, 0.3) is 0 Å². The number of phosphoric acid groups is 3. The molecule has 0 radical (unpaired) electrons. The molecule has 0 heterocycles. The third kappa shape index (κ3) is 8.20. The van der Waals surface area contributed by atoms with Crippen molar-refractivity contribution in [3.8, 4) is 0 Å². The highest BCUT2D eigenvalue weighted by Gasteiger charge is 2.57. The smallest absolute Gasteiger partial charge is 0.387 e. The Bertz CT molecular complexity index is 627. The van der Waals surface area contributed by atoms with Crippen LogP contribution in [-0.2, 0) is 32.0 Å². The van der Waals surface area contributed by atoms with Gasteiger partial charge < -0.3 is 50.0 Å². The molecule has 162 valence electrons. The van der Waals surface area contributed by atoms with Crippen LogP contribution >= 0.6 is 23.5 Å². The number of nitrogens with two attached hydrogens (primary N) is 1. The highest BCUT2D eigenvalue weighted by Crippen LogP contribution is 2.49. The Balaban J connectivity index is 3.34. The number of hydrogen-bond acceptors (Lipinski definition) is 10. The van der Waals surface area contributed by atoms with E-state index in [-0.39, 0.29) is 13.2 Å². The maximum atomic E-state index is 11.1. The molecule has 1 saturated carbocycles. The van der Waals surface area contributed by atoms with Gasteiger partial charge in [0.1, 0.15) is 36.6 Å². The zero-order valence-corrected chi connectivity index (χ0v) is 15.9. The van der Waals surface area contributed by atoms with Crippen LogP contribution < -0.4 is 5.73 Å². The molecule has 6 atom stereocenters. The van der Waals surface area contributed by atoms with Crippen molar-refractivity contribution in [2.45, 2.75) is 36.6 Å². The van der Waals surface area contributed by atoms with E-state index in [4.69, 9.17) is 39.8 Å². The lowest BCUT2D eigenvalue weighted by molar-refractivity contribution is -0.224. The lowest BCUT2D eigenvalue weighted by Crippen LogP contribution is -2.65. The first-order chi connectivity index (χ1) is 12.1. The molecule has 19 heteroatoms. The van der Waals surface area contributed by atoms with E-state index in [1.165, 1.54) is 0 Å². The normalized spacial score (nSPS) is 33.2. The molecule has 1 aliphatic carbocycles. The Morgan fingerprint density at radius 3 is 1.26 bits per heavy atom. The molecule has 27 heavy (non-hydrogen) atoms. The summed E-state index contributed by atoms with van der Waals surface area (Å²) >= 11 is 0. The summed E-state index contributed by atoms with van der Waals surface area (Å²) in [6.45, 7) is -0.531. The molecule has 10 N–H and O–H groups in total. The average Bonchev–Trinajstić information content (AvgIpc) is 2.44. The van der Waals surface area contributed by atoms with Crippen LogP contribution in [0, 0.1) is 0 Å². The molecule has 0 aromatic heterocycles. The summed E-state index contributed by atoms with van der Waals surface area (Å²) in [5.41, 5.74) is 5.20. The van der Waals surface area contributed by atoms with Crippen LogP contribution in [0.1, 0.15) is 0 Å². The lowest BCUT2D eigenvalue weighted by atomic mass is 9.85. The monoisotopic (exact) mass is 463 g/mol. The first-order valence-corrected chi connectivity index (χ1v) is 11.5. The molecular weight excluding hydrogens is 443 g/mol. The number of phosphoric ester groups is 3. The summed E-state index contributed by atoms with van der Waals surface area (Å²) in [5.74, 6) is 0. The van der Waals surface area contributed by atoms with Crippen molar-refractivity contribution < 1.29 is 71.6 Å². The fraction of sp³-hybridized carbons (Fsp3) is 1.00. The second-order valence-corrected chi connectivity index (χ2v) is 8.86. The van der Waals surface area contributed by atoms with Gasteiger partial charge in [0.15, 0.2) is 0 Å². The Morgan fingerprint density at radius 2 is 0.963 bits per heavy atom. The molecule has 0 amide bonds. The average molecular weight is 463 g/mol. The van der Waals surface area contributed by atoms with Crippen molar-refractivity contribution >= 4 is 23.5 Å². The van der Waals surface area contributed by atoms with Gasteiger partial charge in [-0.15, -0.1) is 0 Å². The first-order valence-electron chi connectivity index (χ1n) is 6.95. The van der Waals surface area contributed by atoms with Gasteiger partial charge in [-0.25, -0.2) is 13.7 Å². The van der Waals surface area contributed by atoms with Crippen LogP contribution in [-0.4, -0.2) is 89.3 Å². The molecule has 0 aromatic carbocycles. The second kappa shape index (κ2) is 9.32. The fourth-order valence-electron chi connectivity index (χ4n) is 2.39. The first kappa shape index (κ1) is 25.2. The van der Waals surface area contributed by atoms with E-state index in [1.54, 1.807) is 0 Å². The van der Waals surface area contributed by atoms with Crippen molar-refractivity contribution in [2.24, 2.45) is 5.73 Å². The molecular formula is C8H20NO15P3. The zero-order valence-electron chi connectivity index (χ0n) is 13.2. The molecule has 0 unspecified atom stereocenters. The Kier molecular flexibility index (Phi) is 8.70. The van der Waals surface area contributed by atoms with E-state index < -0.39 is 60.1 Å². The Morgan fingerprint density at radius 1 is 0.667 bits per heavy atom. The third-order valence-electron chi connectivity index (χ3n) is 3.20. The number of rotatable bonds is 9. The van der Waals surface area contributed by atoms with Crippen LogP contribution in [0.15, 0.2) is 0 Å². The Hall–Kier alpha value is 0.170. The molecule has 0 aromatic rings. The van der Waals surface area contributed by atoms with Gasteiger partial charge in [0, 0.05) is 6.54 Å². The van der Waals surface area contributed by atoms with Crippen LogP contribution in [0.4, 0.5) is 0 Å². The molecule has 16 nitrogen and oxygen atoms in total. The molecule has 0 spiro atoms. The van der Waals surface area contributed by atoms with Crippen molar-refractivity contribution in [3.05, 3.63) is 0 Å². The molecule has 1 aliphatic rings. The summed E-state index contributed by atoms with van der Waals surface area (Å²) in [6, 6.07) is 0. The molecule has 1 rings (SSSR count). The molecule has 0 aliphatic heterocycles. The maximum Gasteiger partial charge on any atom is 0.470 e. The van der Waals surface area contributed by atoms with E-state index in [2.05, 4.69) is 13.6 Å². The number of hydrogen-bond donors (Lipinski definition) is 9. The summed E-state index contributed by atoms with van der Waals surface area (Å²) in [7, 11) is -16.2. The van der Waals surface area contributed by atoms with E-state index in [0.717, 1.165) is 0 Å². The molecule has 1 fully saturated rings. The summed E-state index contributed by atoms with van der Waals surface area (Å²) < 4.78 is 51.1. The fourth-order valence-corrected chi connectivity index (χ4v) is 4.08. The zero-order chi connectivity index (χ0) is 21.2. The van der Waals surface area contributed by atoms with E-state index in [1.807, 2.05) is 0 Å². The van der Waals surface area contributed by atoms with Crippen LogP contribution in [0.2, 0.25) is 0 Å². The van der Waals surface area contributed by atoms with Gasteiger partial charge in [-0.1, -0.05) is 0 Å².